The monoisotopic (exact) mass is 369 g/mol. The van der Waals surface area contributed by atoms with Crippen LogP contribution in [0.4, 0.5) is 5.69 Å². The Morgan fingerprint density at radius 3 is 2.70 bits per heavy atom. The number of rotatable bonds is 6. The largest absolute Gasteiger partial charge is 0.369 e. The number of nitrogens with one attached hydrogen (secondary N) is 1. The van der Waals surface area contributed by atoms with Gasteiger partial charge in [0.2, 0.25) is 5.91 Å². The third kappa shape index (κ3) is 4.54. The summed E-state index contributed by atoms with van der Waals surface area (Å²) in [5, 5.41) is 3.08. The van der Waals surface area contributed by atoms with E-state index in [0.717, 1.165) is 67.9 Å². The predicted molar refractivity (Wildman–Crippen MR) is 109 cm³/mol. The zero-order valence-corrected chi connectivity index (χ0v) is 17.0. The van der Waals surface area contributed by atoms with E-state index in [4.69, 9.17) is 4.98 Å². The van der Waals surface area contributed by atoms with Gasteiger partial charge in [0.1, 0.15) is 5.52 Å². The van der Waals surface area contributed by atoms with Gasteiger partial charge in [-0.05, 0) is 37.7 Å². The number of carbonyl (C=O) groups is 1. The van der Waals surface area contributed by atoms with Crippen molar-refractivity contribution in [3.05, 3.63) is 23.7 Å². The molecule has 1 N–H and O–H groups in total. The first-order valence-electron chi connectivity index (χ1n) is 10.2. The average molecular weight is 370 g/mol. The Hall–Kier alpha value is -2.24. The topological polar surface area (TPSA) is 71.0 Å². The summed E-state index contributed by atoms with van der Waals surface area (Å²) < 4.78 is 0. The van der Waals surface area contributed by atoms with Gasteiger partial charge in [-0.15, -0.1) is 0 Å². The van der Waals surface area contributed by atoms with Crippen LogP contribution in [0.3, 0.4) is 0 Å². The van der Waals surface area contributed by atoms with Crippen molar-refractivity contribution >= 4 is 22.8 Å². The van der Waals surface area contributed by atoms with Crippen LogP contribution in [-0.2, 0) is 17.6 Å². The number of hydrogen-bond donors (Lipinski definition) is 1. The molecule has 0 bridgehead atoms. The summed E-state index contributed by atoms with van der Waals surface area (Å²) in [5.41, 5.74) is 4.66. The molecule has 0 saturated carbocycles. The summed E-state index contributed by atoms with van der Waals surface area (Å²) in [6, 6.07) is 2.07. The van der Waals surface area contributed by atoms with Crippen LogP contribution < -0.4 is 10.2 Å². The minimum atomic E-state index is 0.0351. The maximum atomic E-state index is 12.5. The van der Waals surface area contributed by atoms with Crippen molar-refractivity contribution in [2.45, 2.75) is 53.4 Å². The lowest BCUT2D eigenvalue weighted by molar-refractivity contribution is -0.125. The van der Waals surface area contributed by atoms with Crippen molar-refractivity contribution < 1.29 is 4.79 Å². The van der Waals surface area contributed by atoms with E-state index in [1.165, 1.54) is 0 Å². The molecule has 1 fully saturated rings. The van der Waals surface area contributed by atoms with Crippen molar-refractivity contribution in [3.63, 3.8) is 0 Å². The zero-order valence-electron chi connectivity index (χ0n) is 17.0. The Labute approximate surface area is 161 Å². The first-order valence-corrected chi connectivity index (χ1v) is 10.2. The number of piperidine rings is 1. The number of nitrogens with zero attached hydrogens (tertiary/aromatic N) is 4. The minimum absolute atomic E-state index is 0.0351. The summed E-state index contributed by atoms with van der Waals surface area (Å²) in [7, 11) is 0. The first kappa shape index (κ1) is 19.5. The predicted octanol–water partition coefficient (Wildman–Crippen LogP) is 3.14. The van der Waals surface area contributed by atoms with Gasteiger partial charge in [-0.3, -0.25) is 4.79 Å². The maximum Gasteiger partial charge on any atom is 0.224 e. The molecule has 2 aromatic heterocycles. The molecular formula is C21H31N5O. The summed E-state index contributed by atoms with van der Waals surface area (Å²) >= 11 is 0. The fourth-order valence-electron chi connectivity index (χ4n) is 3.62. The van der Waals surface area contributed by atoms with Gasteiger partial charge in [0, 0.05) is 19.6 Å². The molecule has 0 unspecified atom stereocenters. The lowest BCUT2D eigenvalue weighted by Gasteiger charge is -2.33. The van der Waals surface area contributed by atoms with Crippen LogP contribution in [-0.4, -0.2) is 40.5 Å². The first-order chi connectivity index (χ1) is 13.0. The fourth-order valence-corrected chi connectivity index (χ4v) is 3.62. The van der Waals surface area contributed by atoms with Crippen molar-refractivity contribution in [2.75, 3.05) is 24.5 Å². The van der Waals surface area contributed by atoms with Gasteiger partial charge in [-0.25, -0.2) is 15.0 Å². The fraction of sp³-hybridized carbons (Fsp3) is 0.619. The third-order valence-electron chi connectivity index (χ3n) is 5.17. The van der Waals surface area contributed by atoms with E-state index in [1.807, 2.05) is 6.20 Å². The number of carbonyl (C=O) groups excluding carboxylic acids is 1. The molecule has 6 nitrogen and oxygen atoms in total. The molecule has 3 rings (SSSR count). The number of fused-ring (bicyclic) bond motifs is 1. The second kappa shape index (κ2) is 8.63. The molecule has 0 spiro atoms. The summed E-state index contributed by atoms with van der Waals surface area (Å²) in [5.74, 6) is 0.674. The lowest BCUT2D eigenvalue weighted by atomic mass is 9.96. The number of amides is 1. The van der Waals surface area contributed by atoms with Crippen LogP contribution in [0.5, 0.6) is 0 Å². The van der Waals surface area contributed by atoms with E-state index in [9.17, 15) is 4.79 Å². The normalized spacial score (nSPS) is 17.5. The van der Waals surface area contributed by atoms with Crippen LogP contribution in [0.15, 0.2) is 12.3 Å². The molecule has 3 heterocycles. The standard InChI is InChI=1S/C21H31N5O/c1-5-17-18(6-2)25-20-19(24-17)10-16(12-22-20)26-9-7-8-15(13-26)21(27)23-11-14(3)4/h10,12,14-15H,5-9,11,13H2,1-4H3,(H,23,27)/t15-/m1/s1. The number of pyridine rings is 1. The smallest absolute Gasteiger partial charge is 0.224 e. The van der Waals surface area contributed by atoms with E-state index in [2.05, 4.69) is 53.9 Å². The lowest BCUT2D eigenvalue weighted by Crippen LogP contribution is -2.43. The summed E-state index contributed by atoms with van der Waals surface area (Å²) in [6.45, 7) is 10.9. The van der Waals surface area contributed by atoms with Gasteiger partial charge in [0.15, 0.2) is 5.65 Å². The Bertz CT molecular complexity index is 805. The van der Waals surface area contributed by atoms with Crippen LogP contribution in [0.2, 0.25) is 0 Å². The molecule has 1 aliphatic rings. The number of hydrogen-bond acceptors (Lipinski definition) is 5. The second-order valence-corrected chi connectivity index (χ2v) is 7.78. The Morgan fingerprint density at radius 2 is 2.00 bits per heavy atom. The van der Waals surface area contributed by atoms with Gasteiger partial charge < -0.3 is 10.2 Å². The summed E-state index contributed by atoms with van der Waals surface area (Å²) in [4.78, 5) is 28.8. The highest BCUT2D eigenvalue weighted by Crippen LogP contribution is 2.25. The Balaban J connectivity index is 1.78. The quantitative estimate of drug-likeness (QED) is 0.847. The van der Waals surface area contributed by atoms with Crippen LogP contribution in [0.25, 0.3) is 11.2 Å². The highest BCUT2D eigenvalue weighted by molar-refractivity contribution is 5.80. The van der Waals surface area contributed by atoms with E-state index in [0.29, 0.717) is 11.6 Å². The molecule has 0 aliphatic carbocycles. The number of aromatic nitrogens is 3. The molecule has 6 heteroatoms. The molecule has 1 saturated heterocycles. The highest BCUT2D eigenvalue weighted by Gasteiger charge is 2.26. The van der Waals surface area contributed by atoms with E-state index < -0.39 is 0 Å². The third-order valence-corrected chi connectivity index (χ3v) is 5.17. The molecule has 0 aromatic carbocycles. The average Bonchev–Trinajstić information content (AvgIpc) is 2.70. The minimum Gasteiger partial charge on any atom is -0.369 e. The molecule has 1 amide bonds. The second-order valence-electron chi connectivity index (χ2n) is 7.78. The van der Waals surface area contributed by atoms with Crippen LogP contribution in [0, 0.1) is 11.8 Å². The zero-order chi connectivity index (χ0) is 19.4. The van der Waals surface area contributed by atoms with Gasteiger partial charge in [0.25, 0.3) is 0 Å². The van der Waals surface area contributed by atoms with Gasteiger partial charge in [0.05, 0.1) is 29.2 Å². The Morgan fingerprint density at radius 1 is 1.26 bits per heavy atom. The van der Waals surface area contributed by atoms with E-state index >= 15 is 0 Å². The van der Waals surface area contributed by atoms with Crippen molar-refractivity contribution in [1.29, 1.82) is 0 Å². The van der Waals surface area contributed by atoms with E-state index in [-0.39, 0.29) is 11.8 Å². The molecule has 27 heavy (non-hydrogen) atoms. The van der Waals surface area contributed by atoms with Crippen molar-refractivity contribution in [2.24, 2.45) is 11.8 Å². The van der Waals surface area contributed by atoms with Crippen molar-refractivity contribution in [1.82, 2.24) is 20.3 Å². The van der Waals surface area contributed by atoms with Crippen molar-refractivity contribution in [3.8, 4) is 0 Å². The van der Waals surface area contributed by atoms with Crippen LogP contribution in [0.1, 0.15) is 51.9 Å². The van der Waals surface area contributed by atoms with Gasteiger partial charge in [-0.2, -0.15) is 0 Å². The van der Waals surface area contributed by atoms with Gasteiger partial charge >= 0.3 is 0 Å². The molecule has 2 aromatic rings. The Kier molecular flexibility index (Phi) is 6.24. The molecule has 1 atom stereocenters. The summed E-state index contributed by atoms with van der Waals surface area (Å²) in [6.07, 6.45) is 5.57. The molecular weight excluding hydrogens is 338 g/mol. The van der Waals surface area contributed by atoms with E-state index in [1.54, 1.807) is 0 Å². The molecule has 146 valence electrons. The highest BCUT2D eigenvalue weighted by atomic mass is 16.1. The molecule has 0 radical (unpaired) electrons. The number of anilines is 1. The molecule has 1 aliphatic heterocycles. The van der Waals surface area contributed by atoms with Gasteiger partial charge in [-0.1, -0.05) is 27.7 Å². The van der Waals surface area contributed by atoms with Crippen LogP contribution >= 0.6 is 0 Å². The maximum absolute atomic E-state index is 12.5. The number of aryl methyl sites for hydroxylation is 2. The SMILES string of the molecule is CCc1nc2cc(N3CCC[C@@H](C(=O)NCC(C)C)C3)cnc2nc1CC.